The van der Waals surface area contributed by atoms with Crippen molar-refractivity contribution in [1.82, 2.24) is 9.91 Å². The van der Waals surface area contributed by atoms with Gasteiger partial charge < -0.3 is 14.2 Å². The van der Waals surface area contributed by atoms with Gasteiger partial charge in [0.2, 0.25) is 0 Å². The van der Waals surface area contributed by atoms with Crippen LogP contribution in [-0.4, -0.2) is 63.6 Å². The van der Waals surface area contributed by atoms with Crippen molar-refractivity contribution in [3.8, 4) is 17.2 Å². The van der Waals surface area contributed by atoms with E-state index in [0.29, 0.717) is 17.2 Å². The zero-order chi connectivity index (χ0) is 20.8. The Morgan fingerprint density at radius 2 is 1.52 bits per heavy atom. The number of hydrogen-bond acceptors (Lipinski definition) is 6. The molecule has 0 saturated carbocycles. The van der Waals surface area contributed by atoms with Gasteiger partial charge in [0.15, 0.2) is 11.5 Å². The summed E-state index contributed by atoms with van der Waals surface area (Å²) in [6, 6.07) is 10.4. The predicted molar refractivity (Wildman–Crippen MR) is 116 cm³/mol. The number of benzene rings is 2. The predicted octanol–water partition coefficient (Wildman–Crippen LogP) is 3.48. The second-order valence-electron chi connectivity index (χ2n) is 7.35. The zero-order valence-electron chi connectivity index (χ0n) is 18.1. The first-order chi connectivity index (χ1) is 14.0. The first-order valence-corrected chi connectivity index (χ1v) is 9.91. The highest BCUT2D eigenvalue weighted by molar-refractivity contribution is 5.85. The van der Waals surface area contributed by atoms with Gasteiger partial charge in [-0.05, 0) is 31.0 Å². The van der Waals surface area contributed by atoms with Gasteiger partial charge in [0.25, 0.3) is 0 Å². The summed E-state index contributed by atoms with van der Waals surface area (Å²) in [6.45, 7) is 9.11. The Labute approximate surface area is 173 Å². The maximum Gasteiger partial charge on any atom is 0.164 e. The fourth-order valence-electron chi connectivity index (χ4n) is 3.57. The maximum atomic E-state index is 5.48. The Balaban J connectivity index is 1.61. The molecule has 1 fully saturated rings. The standard InChI is InChI=1S/C23H31N3O3/c1-17-6-7-19(18(2)12-17)16-25-8-10-26(11-9-25)24-15-20-13-22(28-4)23(29-5)14-21(20)27-3/h6-7,12-15H,8-11,16H2,1-5H3/b24-15+. The van der Waals surface area contributed by atoms with Crippen LogP contribution in [0, 0.1) is 13.8 Å². The Bertz CT molecular complexity index is 859. The molecule has 0 bridgehead atoms. The highest BCUT2D eigenvalue weighted by Crippen LogP contribution is 2.33. The number of methoxy groups -OCH3 is 3. The van der Waals surface area contributed by atoms with Crippen LogP contribution in [0.25, 0.3) is 0 Å². The van der Waals surface area contributed by atoms with Gasteiger partial charge in [0, 0.05) is 44.4 Å². The summed E-state index contributed by atoms with van der Waals surface area (Å²) in [5.41, 5.74) is 4.95. The summed E-state index contributed by atoms with van der Waals surface area (Å²) in [4.78, 5) is 2.49. The van der Waals surface area contributed by atoms with Crippen LogP contribution in [0.4, 0.5) is 0 Å². The van der Waals surface area contributed by atoms with Crippen molar-refractivity contribution in [3.63, 3.8) is 0 Å². The molecular formula is C23H31N3O3. The fourth-order valence-corrected chi connectivity index (χ4v) is 3.57. The number of hydrogen-bond donors (Lipinski definition) is 0. The Morgan fingerprint density at radius 3 is 2.14 bits per heavy atom. The lowest BCUT2D eigenvalue weighted by Gasteiger charge is -2.33. The molecule has 1 aliphatic heterocycles. The molecule has 3 rings (SSSR count). The van der Waals surface area contributed by atoms with Gasteiger partial charge in [0.1, 0.15) is 5.75 Å². The number of rotatable bonds is 7. The van der Waals surface area contributed by atoms with Crippen LogP contribution < -0.4 is 14.2 Å². The van der Waals surface area contributed by atoms with Gasteiger partial charge >= 0.3 is 0 Å². The summed E-state index contributed by atoms with van der Waals surface area (Å²) in [7, 11) is 4.88. The van der Waals surface area contributed by atoms with E-state index in [0.717, 1.165) is 38.3 Å². The third-order valence-corrected chi connectivity index (χ3v) is 5.34. The molecule has 2 aromatic rings. The zero-order valence-corrected chi connectivity index (χ0v) is 18.1. The van der Waals surface area contributed by atoms with Gasteiger partial charge in [-0.25, -0.2) is 0 Å². The lowest BCUT2D eigenvalue weighted by molar-refractivity contribution is 0.131. The summed E-state index contributed by atoms with van der Waals surface area (Å²) in [5, 5.41) is 6.77. The van der Waals surface area contributed by atoms with Crippen LogP contribution in [0.15, 0.2) is 35.4 Å². The molecule has 0 atom stereocenters. The van der Waals surface area contributed by atoms with E-state index < -0.39 is 0 Å². The van der Waals surface area contributed by atoms with Crippen LogP contribution in [0.2, 0.25) is 0 Å². The third kappa shape index (κ3) is 5.21. The van der Waals surface area contributed by atoms with Crippen molar-refractivity contribution in [2.45, 2.75) is 20.4 Å². The molecule has 6 nitrogen and oxygen atoms in total. The van der Waals surface area contributed by atoms with E-state index in [9.17, 15) is 0 Å². The second kappa shape index (κ2) is 9.65. The molecule has 0 N–H and O–H groups in total. The molecular weight excluding hydrogens is 366 g/mol. The highest BCUT2D eigenvalue weighted by atomic mass is 16.5. The topological polar surface area (TPSA) is 46.5 Å². The number of ether oxygens (including phenoxy) is 3. The monoisotopic (exact) mass is 397 g/mol. The first kappa shape index (κ1) is 21.0. The van der Waals surface area contributed by atoms with Gasteiger partial charge in [-0.1, -0.05) is 23.8 Å². The van der Waals surface area contributed by atoms with E-state index in [1.165, 1.54) is 16.7 Å². The summed E-state index contributed by atoms with van der Waals surface area (Å²) >= 11 is 0. The van der Waals surface area contributed by atoms with E-state index in [1.54, 1.807) is 21.3 Å². The lowest BCUT2D eigenvalue weighted by atomic mass is 10.1. The summed E-state index contributed by atoms with van der Waals surface area (Å²) in [5.74, 6) is 2.01. The Morgan fingerprint density at radius 1 is 0.862 bits per heavy atom. The number of piperazine rings is 1. The van der Waals surface area contributed by atoms with Crippen molar-refractivity contribution in [2.24, 2.45) is 5.10 Å². The summed E-state index contributed by atoms with van der Waals surface area (Å²) in [6.07, 6.45) is 1.83. The third-order valence-electron chi connectivity index (χ3n) is 5.34. The minimum atomic E-state index is 0.640. The molecule has 0 spiro atoms. The van der Waals surface area contributed by atoms with Gasteiger partial charge in [-0.2, -0.15) is 5.10 Å². The first-order valence-electron chi connectivity index (χ1n) is 9.91. The molecule has 0 aliphatic carbocycles. The Hall–Kier alpha value is -2.73. The van der Waals surface area contributed by atoms with Crippen molar-refractivity contribution in [2.75, 3.05) is 47.5 Å². The molecule has 0 amide bonds. The van der Waals surface area contributed by atoms with Crippen LogP contribution in [0.5, 0.6) is 17.2 Å². The molecule has 0 radical (unpaired) electrons. The summed E-state index contributed by atoms with van der Waals surface area (Å²) < 4.78 is 16.2. The van der Waals surface area contributed by atoms with Crippen LogP contribution in [-0.2, 0) is 6.54 Å². The van der Waals surface area contributed by atoms with Crippen LogP contribution in [0.3, 0.4) is 0 Å². The highest BCUT2D eigenvalue weighted by Gasteiger charge is 2.17. The average Bonchev–Trinajstić information content (AvgIpc) is 2.74. The number of aryl methyl sites for hydroxylation is 2. The van der Waals surface area contributed by atoms with E-state index >= 15 is 0 Å². The second-order valence-corrected chi connectivity index (χ2v) is 7.35. The van der Waals surface area contributed by atoms with E-state index in [-0.39, 0.29) is 0 Å². The fraction of sp³-hybridized carbons (Fsp3) is 0.435. The molecule has 1 saturated heterocycles. The van der Waals surface area contributed by atoms with Crippen molar-refractivity contribution in [3.05, 3.63) is 52.6 Å². The molecule has 156 valence electrons. The van der Waals surface area contributed by atoms with Gasteiger partial charge in [-0.3, -0.25) is 9.91 Å². The quantitative estimate of drug-likeness (QED) is 0.670. The molecule has 1 aliphatic rings. The van der Waals surface area contributed by atoms with Crippen LogP contribution >= 0.6 is 0 Å². The molecule has 1 heterocycles. The van der Waals surface area contributed by atoms with Crippen molar-refractivity contribution < 1.29 is 14.2 Å². The molecule has 29 heavy (non-hydrogen) atoms. The lowest BCUT2D eigenvalue weighted by Crippen LogP contribution is -2.43. The molecule has 6 heteroatoms. The number of hydrazone groups is 1. The van der Waals surface area contributed by atoms with Gasteiger partial charge in [0.05, 0.1) is 27.5 Å². The van der Waals surface area contributed by atoms with Crippen molar-refractivity contribution in [1.29, 1.82) is 0 Å². The van der Waals surface area contributed by atoms with E-state index in [1.807, 2.05) is 18.3 Å². The number of nitrogens with zero attached hydrogens (tertiary/aromatic N) is 3. The minimum Gasteiger partial charge on any atom is -0.496 e. The average molecular weight is 398 g/mol. The molecule has 0 unspecified atom stereocenters. The van der Waals surface area contributed by atoms with Crippen molar-refractivity contribution >= 4 is 6.21 Å². The Kier molecular flexibility index (Phi) is 6.99. The molecule has 2 aromatic carbocycles. The largest absolute Gasteiger partial charge is 0.496 e. The molecule has 0 aromatic heterocycles. The van der Waals surface area contributed by atoms with Crippen LogP contribution in [0.1, 0.15) is 22.3 Å². The van der Waals surface area contributed by atoms with Gasteiger partial charge in [-0.15, -0.1) is 0 Å². The SMILES string of the molecule is COc1cc(OC)c(OC)cc1/C=N/N1CCN(Cc2ccc(C)cc2C)CC1. The van der Waals surface area contributed by atoms with E-state index in [2.05, 4.69) is 47.1 Å². The smallest absolute Gasteiger partial charge is 0.164 e. The minimum absolute atomic E-state index is 0.640. The maximum absolute atomic E-state index is 5.48. The normalized spacial score (nSPS) is 15.0. The van der Waals surface area contributed by atoms with E-state index in [4.69, 9.17) is 14.2 Å².